The van der Waals surface area contributed by atoms with Crippen LogP contribution in [0.15, 0.2) is 30.7 Å². The van der Waals surface area contributed by atoms with E-state index in [1.165, 1.54) is 10.7 Å². The summed E-state index contributed by atoms with van der Waals surface area (Å²) in [6.07, 6.45) is -0.256. The molecule has 32 heavy (non-hydrogen) atoms. The highest BCUT2D eigenvalue weighted by Gasteiger charge is 2.47. The molecule has 0 aliphatic heterocycles. The second-order valence-corrected chi connectivity index (χ2v) is 8.06. The molecule has 4 aromatic rings. The Labute approximate surface area is 178 Å². The first kappa shape index (κ1) is 20.6. The molecule has 0 unspecified atom stereocenters. The van der Waals surface area contributed by atoms with Gasteiger partial charge in [-0.2, -0.15) is 13.2 Å². The molecule has 168 valence electrons. The Bertz CT molecular complexity index is 1320. The zero-order chi connectivity index (χ0) is 22.8. The molecule has 5 rings (SSSR count). The van der Waals surface area contributed by atoms with Gasteiger partial charge < -0.3 is 9.88 Å². The van der Waals surface area contributed by atoms with E-state index < -0.39 is 18.1 Å². The fraction of sp³-hybridized carbons (Fsp3) is 0.400. The lowest BCUT2D eigenvalue weighted by Gasteiger charge is -2.36. The van der Waals surface area contributed by atoms with Gasteiger partial charge in [-0.05, 0) is 26.0 Å². The summed E-state index contributed by atoms with van der Waals surface area (Å²) in [5.41, 5.74) is 3.08. The van der Waals surface area contributed by atoms with Crippen molar-refractivity contribution in [2.24, 2.45) is 0 Å². The molecule has 7 nitrogen and oxygen atoms in total. The average molecular weight is 451 g/mol. The predicted molar refractivity (Wildman–Crippen MR) is 107 cm³/mol. The third kappa shape index (κ3) is 3.43. The largest absolute Gasteiger partial charge is 0.408 e. The van der Waals surface area contributed by atoms with Gasteiger partial charge in [-0.1, -0.05) is 0 Å². The van der Waals surface area contributed by atoms with Crippen LogP contribution in [-0.2, 0) is 0 Å². The molecule has 0 bridgehead atoms. The van der Waals surface area contributed by atoms with E-state index in [1.807, 2.05) is 6.07 Å². The van der Waals surface area contributed by atoms with Crippen molar-refractivity contribution in [3.8, 4) is 11.1 Å². The van der Waals surface area contributed by atoms with E-state index in [-0.39, 0.29) is 24.8 Å². The van der Waals surface area contributed by atoms with Gasteiger partial charge in [0.15, 0.2) is 5.65 Å². The van der Waals surface area contributed by atoms with E-state index in [4.69, 9.17) is 0 Å². The molecule has 0 saturated heterocycles. The molecule has 0 spiro atoms. The van der Waals surface area contributed by atoms with E-state index in [1.54, 1.807) is 30.0 Å². The number of hydrogen-bond acceptors (Lipinski definition) is 5. The van der Waals surface area contributed by atoms with Crippen molar-refractivity contribution in [3.05, 3.63) is 36.5 Å². The fourth-order valence-electron chi connectivity index (χ4n) is 4.00. The van der Waals surface area contributed by atoms with Crippen molar-refractivity contribution < 1.29 is 22.0 Å². The van der Waals surface area contributed by atoms with Gasteiger partial charge >= 0.3 is 6.18 Å². The molecule has 4 aromatic heterocycles. The quantitative estimate of drug-likeness (QED) is 0.452. The number of hydrogen-bond donors (Lipinski definition) is 1. The van der Waals surface area contributed by atoms with Gasteiger partial charge in [0.05, 0.1) is 17.2 Å². The van der Waals surface area contributed by atoms with Gasteiger partial charge in [0.25, 0.3) is 5.92 Å². The Morgan fingerprint density at radius 1 is 1.16 bits per heavy atom. The molecule has 1 atom stereocenters. The van der Waals surface area contributed by atoms with Gasteiger partial charge in [0, 0.05) is 42.4 Å². The maximum Gasteiger partial charge on any atom is 0.408 e. The lowest BCUT2D eigenvalue weighted by Crippen LogP contribution is -2.37. The van der Waals surface area contributed by atoms with Crippen LogP contribution in [0.4, 0.5) is 27.9 Å². The predicted octanol–water partition coefficient (Wildman–Crippen LogP) is 4.78. The Kier molecular flexibility index (Phi) is 4.40. The van der Waals surface area contributed by atoms with Gasteiger partial charge in [0.1, 0.15) is 11.9 Å². The van der Waals surface area contributed by atoms with E-state index in [0.29, 0.717) is 33.6 Å². The Morgan fingerprint density at radius 3 is 2.59 bits per heavy atom. The maximum absolute atomic E-state index is 13.4. The summed E-state index contributed by atoms with van der Waals surface area (Å²) in [6, 6.07) is 1.43. The lowest BCUT2D eigenvalue weighted by molar-refractivity contribution is -0.138. The maximum atomic E-state index is 13.4. The van der Waals surface area contributed by atoms with Crippen molar-refractivity contribution in [1.82, 2.24) is 29.1 Å². The number of alkyl halides is 5. The molecule has 1 saturated carbocycles. The third-order valence-corrected chi connectivity index (χ3v) is 5.72. The van der Waals surface area contributed by atoms with Crippen molar-refractivity contribution in [2.75, 3.05) is 5.32 Å². The summed E-state index contributed by atoms with van der Waals surface area (Å²) in [5.74, 6) is -2.20. The van der Waals surface area contributed by atoms with Gasteiger partial charge in [0.2, 0.25) is 5.95 Å². The van der Waals surface area contributed by atoms with Crippen LogP contribution in [0.2, 0.25) is 0 Å². The molecule has 0 aromatic carbocycles. The van der Waals surface area contributed by atoms with Gasteiger partial charge in [-0.3, -0.25) is 0 Å². The first-order valence-corrected chi connectivity index (χ1v) is 9.92. The van der Waals surface area contributed by atoms with Crippen molar-refractivity contribution in [3.63, 3.8) is 0 Å². The molecule has 1 aliphatic rings. The number of anilines is 1. The second kappa shape index (κ2) is 6.84. The number of nitrogens with zero attached hydrogens (tertiary/aromatic N) is 6. The van der Waals surface area contributed by atoms with E-state index in [0.717, 1.165) is 6.92 Å². The molecule has 12 heteroatoms. The number of pyridine rings is 1. The van der Waals surface area contributed by atoms with Crippen LogP contribution < -0.4 is 5.32 Å². The summed E-state index contributed by atoms with van der Waals surface area (Å²) in [6.45, 7) is 2.74. The van der Waals surface area contributed by atoms with Crippen LogP contribution in [0.1, 0.15) is 31.6 Å². The smallest absolute Gasteiger partial charge is 0.341 e. The van der Waals surface area contributed by atoms with Crippen LogP contribution in [0.3, 0.4) is 0 Å². The number of fused-ring (bicyclic) bond motifs is 2. The van der Waals surface area contributed by atoms with Crippen LogP contribution >= 0.6 is 0 Å². The molecule has 4 heterocycles. The normalized spacial score (nSPS) is 17.6. The van der Waals surface area contributed by atoms with E-state index in [9.17, 15) is 22.0 Å². The van der Waals surface area contributed by atoms with Crippen LogP contribution in [0, 0.1) is 6.92 Å². The number of aromatic nitrogens is 6. The minimum absolute atomic E-state index is 0.155. The molecule has 0 radical (unpaired) electrons. The number of aryl methyl sites for hydroxylation is 1. The highest BCUT2D eigenvalue weighted by Crippen LogP contribution is 2.47. The molecule has 1 N–H and O–H groups in total. The Hall–Kier alpha value is -3.31. The first-order chi connectivity index (χ1) is 15.0. The van der Waals surface area contributed by atoms with Gasteiger partial charge in [-0.25, -0.2) is 28.2 Å². The van der Waals surface area contributed by atoms with Crippen LogP contribution in [0.5, 0.6) is 0 Å². The zero-order valence-electron chi connectivity index (χ0n) is 17.0. The van der Waals surface area contributed by atoms with Crippen molar-refractivity contribution >= 4 is 22.6 Å². The Balaban J connectivity index is 1.50. The van der Waals surface area contributed by atoms with E-state index >= 15 is 0 Å². The molecular formula is C20H18F5N7. The summed E-state index contributed by atoms with van der Waals surface area (Å²) in [4.78, 5) is 12.8. The molecule has 1 fully saturated rings. The monoisotopic (exact) mass is 451 g/mol. The molecule has 1 aliphatic carbocycles. The van der Waals surface area contributed by atoms with E-state index in [2.05, 4.69) is 25.4 Å². The van der Waals surface area contributed by atoms with Gasteiger partial charge in [-0.15, -0.1) is 5.10 Å². The number of rotatable bonds is 4. The average Bonchev–Trinajstić information content (AvgIpc) is 3.24. The number of halogens is 5. The van der Waals surface area contributed by atoms with Crippen LogP contribution in [-0.4, -0.2) is 47.3 Å². The highest BCUT2D eigenvalue weighted by atomic mass is 19.4. The van der Waals surface area contributed by atoms with Crippen LogP contribution in [0.25, 0.3) is 27.8 Å². The number of imidazole rings is 1. The topological polar surface area (TPSA) is 72.9 Å². The summed E-state index contributed by atoms with van der Waals surface area (Å²) in [5, 5.41) is 6.33. The highest BCUT2D eigenvalue weighted by molar-refractivity contribution is 5.85. The zero-order valence-corrected chi connectivity index (χ0v) is 17.0. The SMILES string of the molecule is Cc1nc2ncc(-c3ccn4nc(N[C@H](C)C(F)(F)F)ncc34)cc2n1C1CC(F)(F)C1. The Morgan fingerprint density at radius 2 is 1.91 bits per heavy atom. The summed E-state index contributed by atoms with van der Waals surface area (Å²) in [7, 11) is 0. The number of nitrogens with one attached hydrogen (secondary N) is 1. The third-order valence-electron chi connectivity index (χ3n) is 5.72. The van der Waals surface area contributed by atoms with Crippen molar-refractivity contribution in [1.29, 1.82) is 0 Å². The lowest BCUT2D eigenvalue weighted by atomic mass is 9.87. The van der Waals surface area contributed by atoms with Crippen molar-refractivity contribution in [2.45, 2.75) is 50.9 Å². The molecular weight excluding hydrogens is 433 g/mol. The minimum Gasteiger partial charge on any atom is -0.341 e. The molecule has 0 amide bonds. The first-order valence-electron chi connectivity index (χ1n) is 9.92. The summed E-state index contributed by atoms with van der Waals surface area (Å²) >= 11 is 0. The fourth-order valence-corrected chi connectivity index (χ4v) is 4.00. The standard InChI is InChI=1S/C20H18F5N7/c1-10(20(23,24)25)28-18-27-9-16-14(3-4-31(16)30-18)12-5-15-17(26-8-12)29-11(2)32(15)13-6-19(21,22)7-13/h3-5,8-10,13H,6-7H2,1-2H3,(H,28,30)/t10-/m1/s1. The minimum atomic E-state index is -4.42. The second-order valence-electron chi connectivity index (χ2n) is 8.06. The summed E-state index contributed by atoms with van der Waals surface area (Å²) < 4.78 is 68.4.